The number of fused-ring (bicyclic) bond motifs is 1. The Morgan fingerprint density at radius 2 is 1.88 bits per heavy atom. The van der Waals surface area contributed by atoms with Crippen molar-refractivity contribution >= 4 is 49.2 Å². The molecule has 0 unspecified atom stereocenters. The van der Waals surface area contributed by atoms with Crippen LogP contribution in [-0.4, -0.2) is 36.5 Å². The predicted molar refractivity (Wildman–Crippen MR) is 123 cm³/mol. The fourth-order valence-corrected chi connectivity index (χ4v) is 4.89. The summed E-state index contributed by atoms with van der Waals surface area (Å²) in [5.41, 5.74) is 0.663. The van der Waals surface area contributed by atoms with E-state index in [0.29, 0.717) is 32.9 Å². The summed E-state index contributed by atoms with van der Waals surface area (Å²) in [6, 6.07) is 4.61. The second-order valence-corrected chi connectivity index (χ2v) is 9.77. The van der Waals surface area contributed by atoms with Crippen LogP contribution >= 0.6 is 11.3 Å². The molecule has 3 amide bonds. The number of unbranched alkanes of at least 4 members (excludes halogenated alkanes) is 1. The zero-order chi connectivity index (χ0) is 23.5. The van der Waals surface area contributed by atoms with Gasteiger partial charge >= 0.3 is 6.03 Å². The molecule has 0 atom stereocenters. The molecule has 0 aliphatic heterocycles. The van der Waals surface area contributed by atoms with Gasteiger partial charge in [-0.25, -0.2) is 22.9 Å². The number of aryl methyl sites for hydroxylation is 2. The zero-order valence-electron chi connectivity index (χ0n) is 17.8. The van der Waals surface area contributed by atoms with Crippen molar-refractivity contribution in [3.05, 3.63) is 51.4 Å². The topological polar surface area (TPSA) is 139 Å². The fourth-order valence-electron chi connectivity index (χ4n) is 2.93. The number of urea groups is 1. The largest absolute Gasteiger partial charge is 0.337 e. The molecule has 10 nitrogen and oxygen atoms in total. The fraction of sp³-hybridized carbons (Fsp3) is 0.300. The monoisotopic (exact) mass is 477 g/mol. The quantitative estimate of drug-likeness (QED) is 0.446. The molecule has 2 heterocycles. The van der Waals surface area contributed by atoms with Crippen LogP contribution < -0.4 is 20.9 Å². The summed E-state index contributed by atoms with van der Waals surface area (Å²) < 4.78 is 28.0. The first-order valence-electron chi connectivity index (χ1n) is 9.81. The molecule has 1 aromatic carbocycles. The number of anilines is 1. The highest BCUT2D eigenvalue weighted by molar-refractivity contribution is 7.90. The van der Waals surface area contributed by atoms with Crippen LogP contribution in [0.4, 0.5) is 10.5 Å². The van der Waals surface area contributed by atoms with Gasteiger partial charge in [-0.3, -0.25) is 9.59 Å². The van der Waals surface area contributed by atoms with E-state index in [0.717, 1.165) is 24.2 Å². The van der Waals surface area contributed by atoms with Gasteiger partial charge in [-0.2, -0.15) is 0 Å². The lowest BCUT2D eigenvalue weighted by Crippen LogP contribution is -2.39. The molecule has 0 bridgehead atoms. The number of carbonyl (C=O) groups excluding carboxylic acids is 2. The number of amides is 3. The van der Waals surface area contributed by atoms with E-state index in [-0.39, 0.29) is 10.5 Å². The second-order valence-electron chi connectivity index (χ2n) is 7.09. The first kappa shape index (κ1) is 23.4. The molecule has 0 saturated carbocycles. The third kappa shape index (κ3) is 4.97. The molecule has 0 spiro atoms. The van der Waals surface area contributed by atoms with E-state index >= 15 is 0 Å². The van der Waals surface area contributed by atoms with Crippen LogP contribution in [0, 0.1) is 6.92 Å². The van der Waals surface area contributed by atoms with Gasteiger partial charge in [0.2, 0.25) is 0 Å². The van der Waals surface area contributed by atoms with Crippen LogP contribution in [0.15, 0.2) is 40.3 Å². The lowest BCUT2D eigenvalue weighted by molar-refractivity contribution is 0.103. The SMILES string of the molecule is CCCCNC(=O)NS(=O)(=O)c1ccc(NC(=O)c2sc3ncn(C)c(=O)c3c2C)cc1. The van der Waals surface area contributed by atoms with Crippen molar-refractivity contribution in [2.45, 2.75) is 31.6 Å². The summed E-state index contributed by atoms with van der Waals surface area (Å²) in [7, 11) is -2.46. The average Bonchev–Trinajstić information content (AvgIpc) is 3.08. The highest BCUT2D eigenvalue weighted by Crippen LogP contribution is 2.27. The number of nitrogens with one attached hydrogen (secondary N) is 3. The van der Waals surface area contributed by atoms with Crippen molar-refractivity contribution in [1.82, 2.24) is 19.6 Å². The molecule has 0 aliphatic rings. The van der Waals surface area contributed by atoms with Gasteiger partial charge in [0.1, 0.15) is 4.83 Å². The molecule has 0 radical (unpaired) electrons. The third-order valence-corrected chi connectivity index (χ3v) is 7.23. The number of aromatic nitrogens is 2. The molecule has 3 N–H and O–H groups in total. The van der Waals surface area contributed by atoms with E-state index in [4.69, 9.17) is 0 Å². The standard InChI is InChI=1S/C20H23N5O5S2/c1-4-5-10-21-20(28)24-32(29,30)14-8-6-13(7-9-14)23-17(26)16-12(2)15-18(31-16)22-11-25(3)19(15)27/h6-9,11H,4-5,10H2,1-3H3,(H,23,26)(H2,21,24,28). The van der Waals surface area contributed by atoms with Crippen LogP contribution in [-0.2, 0) is 17.1 Å². The molecule has 0 aliphatic carbocycles. The second kappa shape index (κ2) is 9.49. The number of sulfonamides is 1. The maximum atomic E-state index is 12.7. The van der Waals surface area contributed by atoms with Crippen molar-refractivity contribution in [2.75, 3.05) is 11.9 Å². The van der Waals surface area contributed by atoms with Crippen molar-refractivity contribution in [3.63, 3.8) is 0 Å². The maximum absolute atomic E-state index is 12.7. The third-order valence-electron chi connectivity index (χ3n) is 4.68. The number of benzene rings is 1. The number of carbonyl (C=O) groups is 2. The Hall–Kier alpha value is -3.25. The van der Waals surface area contributed by atoms with E-state index < -0.39 is 22.0 Å². The lowest BCUT2D eigenvalue weighted by atomic mass is 10.2. The minimum Gasteiger partial charge on any atom is -0.337 e. The summed E-state index contributed by atoms with van der Waals surface area (Å²) in [5, 5.41) is 5.56. The number of hydrogen-bond donors (Lipinski definition) is 3. The normalized spacial score (nSPS) is 11.3. The average molecular weight is 478 g/mol. The van der Waals surface area contributed by atoms with Crippen molar-refractivity contribution in [2.24, 2.45) is 7.05 Å². The van der Waals surface area contributed by atoms with E-state index in [2.05, 4.69) is 15.6 Å². The summed E-state index contributed by atoms with van der Waals surface area (Å²) in [5.74, 6) is -0.434. The molecule has 170 valence electrons. The highest BCUT2D eigenvalue weighted by Gasteiger charge is 2.20. The van der Waals surface area contributed by atoms with Gasteiger partial charge in [0.15, 0.2) is 0 Å². The first-order valence-corrected chi connectivity index (χ1v) is 12.1. The minimum absolute atomic E-state index is 0.119. The Labute approximate surface area is 188 Å². The highest BCUT2D eigenvalue weighted by atomic mass is 32.2. The molecule has 3 aromatic rings. The predicted octanol–water partition coefficient (Wildman–Crippen LogP) is 2.34. The van der Waals surface area contributed by atoms with Gasteiger partial charge in [0.25, 0.3) is 21.5 Å². The molecular weight excluding hydrogens is 454 g/mol. The van der Waals surface area contributed by atoms with Crippen molar-refractivity contribution in [1.29, 1.82) is 0 Å². The molecule has 32 heavy (non-hydrogen) atoms. The van der Waals surface area contributed by atoms with Gasteiger partial charge in [0.05, 0.1) is 21.5 Å². The molecule has 2 aromatic heterocycles. The zero-order valence-corrected chi connectivity index (χ0v) is 19.4. The van der Waals surface area contributed by atoms with Gasteiger partial charge in [-0.05, 0) is 43.2 Å². The molecule has 0 saturated heterocycles. The summed E-state index contributed by atoms with van der Waals surface area (Å²) in [6.45, 7) is 4.02. The maximum Gasteiger partial charge on any atom is 0.328 e. The first-order chi connectivity index (χ1) is 15.1. The van der Waals surface area contributed by atoms with Gasteiger partial charge in [-0.15, -0.1) is 11.3 Å². The summed E-state index contributed by atoms with van der Waals surface area (Å²) in [4.78, 5) is 41.7. The molecule has 0 fully saturated rings. The van der Waals surface area contributed by atoms with Gasteiger partial charge in [-0.1, -0.05) is 13.3 Å². The van der Waals surface area contributed by atoms with Crippen molar-refractivity contribution < 1.29 is 18.0 Å². The van der Waals surface area contributed by atoms with Crippen LogP contribution in [0.3, 0.4) is 0 Å². The Morgan fingerprint density at radius 3 is 2.53 bits per heavy atom. The van der Waals surface area contributed by atoms with Crippen LogP contribution in [0.25, 0.3) is 10.2 Å². The van der Waals surface area contributed by atoms with E-state index in [1.54, 1.807) is 14.0 Å². The number of rotatable bonds is 7. The Bertz CT molecular complexity index is 1330. The number of nitrogens with zero attached hydrogens (tertiary/aromatic N) is 2. The van der Waals surface area contributed by atoms with Crippen molar-refractivity contribution in [3.8, 4) is 0 Å². The van der Waals surface area contributed by atoms with Crippen LogP contribution in [0.5, 0.6) is 0 Å². The Balaban J connectivity index is 1.73. The van der Waals surface area contributed by atoms with E-state index in [1.807, 2.05) is 11.6 Å². The smallest absolute Gasteiger partial charge is 0.328 e. The van der Waals surface area contributed by atoms with E-state index in [1.165, 1.54) is 35.2 Å². The lowest BCUT2D eigenvalue weighted by Gasteiger charge is -2.09. The summed E-state index contributed by atoms with van der Waals surface area (Å²) >= 11 is 1.11. The van der Waals surface area contributed by atoms with Crippen LogP contribution in [0.2, 0.25) is 0 Å². The Morgan fingerprint density at radius 1 is 1.19 bits per heavy atom. The Kier molecular flexibility index (Phi) is 6.94. The van der Waals surface area contributed by atoms with E-state index in [9.17, 15) is 22.8 Å². The molecule has 12 heteroatoms. The minimum atomic E-state index is -4.04. The molecule has 3 rings (SSSR count). The van der Waals surface area contributed by atoms with Gasteiger partial charge < -0.3 is 15.2 Å². The van der Waals surface area contributed by atoms with Gasteiger partial charge in [0, 0.05) is 19.3 Å². The number of hydrogen-bond acceptors (Lipinski definition) is 7. The van der Waals surface area contributed by atoms with Crippen LogP contribution in [0.1, 0.15) is 35.0 Å². The molecular formula is C20H23N5O5S2. The number of thiophene rings is 1. The summed E-state index contributed by atoms with van der Waals surface area (Å²) in [6.07, 6.45) is 3.01.